The van der Waals surface area contributed by atoms with E-state index in [1.165, 1.54) is 10.4 Å². The monoisotopic (exact) mass is 456 g/mol. The number of benzene rings is 2. The highest BCUT2D eigenvalue weighted by Gasteiger charge is 2.27. The molecule has 1 unspecified atom stereocenters. The number of carbonyl (C=O) groups is 1. The highest BCUT2D eigenvalue weighted by atomic mass is 32.1. The molecule has 3 aromatic heterocycles. The van der Waals surface area contributed by atoms with Crippen LogP contribution in [0.5, 0.6) is 0 Å². The van der Waals surface area contributed by atoms with Crippen LogP contribution in [0.1, 0.15) is 16.9 Å². The van der Waals surface area contributed by atoms with Gasteiger partial charge in [0.25, 0.3) is 0 Å². The van der Waals surface area contributed by atoms with Gasteiger partial charge in [0.1, 0.15) is 23.1 Å². The smallest absolute Gasteiger partial charge is 0.411 e. The number of carbonyl (C=O) groups excluding carboxylic acids is 1. The van der Waals surface area contributed by atoms with Gasteiger partial charge in [-0.2, -0.15) is 5.10 Å². The van der Waals surface area contributed by atoms with Crippen molar-refractivity contribution in [1.82, 2.24) is 20.2 Å². The summed E-state index contributed by atoms with van der Waals surface area (Å²) >= 11 is 1.65. The number of rotatable bonds is 4. The van der Waals surface area contributed by atoms with Crippen LogP contribution < -0.4 is 10.6 Å². The van der Waals surface area contributed by atoms with Crippen LogP contribution in [0, 0.1) is 0 Å². The number of para-hydroxylation sites is 1. The van der Waals surface area contributed by atoms with Gasteiger partial charge in [-0.3, -0.25) is 10.4 Å². The molecule has 0 bridgehead atoms. The Bertz CT molecular complexity index is 1460. The quantitative estimate of drug-likeness (QED) is 0.334. The number of ether oxygens (including phenoxy) is 1. The Hall–Kier alpha value is -3.98. The van der Waals surface area contributed by atoms with Gasteiger partial charge in [0, 0.05) is 28.1 Å². The summed E-state index contributed by atoms with van der Waals surface area (Å²) in [5.41, 5.74) is 3.90. The van der Waals surface area contributed by atoms with Crippen molar-refractivity contribution >= 4 is 55.7 Å². The van der Waals surface area contributed by atoms with Crippen LogP contribution in [0.2, 0.25) is 0 Å². The zero-order valence-electron chi connectivity index (χ0n) is 17.5. The summed E-state index contributed by atoms with van der Waals surface area (Å²) in [6.45, 7) is 0. The van der Waals surface area contributed by atoms with Crippen LogP contribution >= 0.6 is 11.3 Å². The lowest BCUT2D eigenvalue weighted by molar-refractivity contribution is 0.103. The van der Waals surface area contributed by atoms with Crippen LogP contribution in [0.25, 0.3) is 21.1 Å². The van der Waals surface area contributed by atoms with Gasteiger partial charge < -0.3 is 10.1 Å². The van der Waals surface area contributed by atoms with Gasteiger partial charge in [-0.1, -0.05) is 18.2 Å². The second-order valence-corrected chi connectivity index (χ2v) is 9.05. The van der Waals surface area contributed by atoms with E-state index < -0.39 is 6.09 Å². The standard InChI is InChI=1S/C24H20N6O2S/c31-24(29-15-4-2-1-3-5-15)32-17-7-8-18-20(11-17)33-23-21(18)22(25-13-26-23)28-16-6-9-19-14(10-16)12-27-30-19/h1-6,9-10,12-13,17H,7-8,11H2,(H,27,30)(H,29,31)(H,25,26,28). The van der Waals surface area contributed by atoms with E-state index in [0.717, 1.165) is 51.2 Å². The number of thiophene rings is 1. The van der Waals surface area contributed by atoms with Crippen LogP contribution in [-0.4, -0.2) is 32.4 Å². The molecule has 0 saturated carbocycles. The minimum atomic E-state index is -0.424. The van der Waals surface area contributed by atoms with E-state index in [1.807, 2.05) is 48.5 Å². The van der Waals surface area contributed by atoms with Crippen LogP contribution in [-0.2, 0) is 17.6 Å². The van der Waals surface area contributed by atoms with E-state index in [1.54, 1.807) is 23.9 Å². The summed E-state index contributed by atoms with van der Waals surface area (Å²) in [4.78, 5) is 23.5. The van der Waals surface area contributed by atoms with Gasteiger partial charge in [0.05, 0.1) is 17.1 Å². The van der Waals surface area contributed by atoms with Crippen LogP contribution in [0.3, 0.4) is 0 Å². The van der Waals surface area contributed by atoms with Crippen molar-refractivity contribution in [3.05, 3.63) is 71.5 Å². The molecule has 0 aliphatic heterocycles. The van der Waals surface area contributed by atoms with Crippen molar-refractivity contribution < 1.29 is 9.53 Å². The summed E-state index contributed by atoms with van der Waals surface area (Å²) in [6.07, 6.45) is 5.05. The number of H-pyrrole nitrogens is 1. The molecule has 1 aliphatic carbocycles. The fourth-order valence-corrected chi connectivity index (χ4v) is 5.50. The SMILES string of the molecule is O=C(Nc1ccccc1)OC1CCc2c(sc3ncnc(Nc4ccc5[nH]ncc5c4)c23)C1. The fraction of sp³-hybridized carbons (Fsp3) is 0.167. The average Bonchev–Trinajstić information content (AvgIpc) is 3.43. The molecule has 0 saturated heterocycles. The molecule has 1 atom stereocenters. The van der Waals surface area contributed by atoms with Crippen molar-refractivity contribution in [3.8, 4) is 0 Å². The second-order valence-electron chi connectivity index (χ2n) is 7.96. The molecule has 1 aliphatic rings. The number of fused-ring (bicyclic) bond motifs is 4. The average molecular weight is 457 g/mol. The van der Waals surface area contributed by atoms with Gasteiger partial charge >= 0.3 is 6.09 Å². The maximum Gasteiger partial charge on any atom is 0.411 e. The Labute approximate surface area is 193 Å². The van der Waals surface area contributed by atoms with Crippen molar-refractivity contribution in [3.63, 3.8) is 0 Å². The van der Waals surface area contributed by atoms with Crippen molar-refractivity contribution in [2.24, 2.45) is 0 Å². The van der Waals surface area contributed by atoms with E-state index in [9.17, 15) is 4.79 Å². The molecule has 3 heterocycles. The number of anilines is 3. The molecule has 0 radical (unpaired) electrons. The van der Waals surface area contributed by atoms with E-state index >= 15 is 0 Å². The predicted octanol–water partition coefficient (Wildman–Crippen LogP) is 5.42. The third-order valence-electron chi connectivity index (χ3n) is 5.80. The van der Waals surface area contributed by atoms with Crippen molar-refractivity contribution in [2.75, 3.05) is 10.6 Å². The Morgan fingerprint density at radius 1 is 1.12 bits per heavy atom. The van der Waals surface area contributed by atoms with Gasteiger partial charge in [-0.15, -0.1) is 11.3 Å². The Morgan fingerprint density at radius 2 is 2.03 bits per heavy atom. The molecule has 2 aromatic carbocycles. The normalized spacial score (nSPS) is 15.3. The minimum Gasteiger partial charge on any atom is -0.446 e. The summed E-state index contributed by atoms with van der Waals surface area (Å²) in [6, 6.07) is 15.4. The summed E-state index contributed by atoms with van der Waals surface area (Å²) in [7, 11) is 0. The first-order valence-electron chi connectivity index (χ1n) is 10.7. The molecule has 0 fully saturated rings. The maximum atomic E-state index is 12.3. The molecule has 9 heteroatoms. The number of aryl methyl sites for hydroxylation is 1. The zero-order chi connectivity index (χ0) is 22.2. The lowest BCUT2D eigenvalue weighted by atomic mass is 9.94. The fourth-order valence-electron chi connectivity index (χ4n) is 4.25. The van der Waals surface area contributed by atoms with Gasteiger partial charge in [0.15, 0.2) is 0 Å². The highest BCUT2D eigenvalue weighted by molar-refractivity contribution is 7.19. The molecule has 6 rings (SSSR count). The first kappa shape index (κ1) is 19.7. The molecular weight excluding hydrogens is 436 g/mol. The predicted molar refractivity (Wildman–Crippen MR) is 129 cm³/mol. The molecule has 0 spiro atoms. The number of aromatic nitrogens is 4. The third-order valence-corrected chi connectivity index (χ3v) is 6.96. The number of nitrogens with zero attached hydrogens (tertiary/aromatic N) is 3. The van der Waals surface area contributed by atoms with E-state index in [0.29, 0.717) is 6.42 Å². The molecule has 33 heavy (non-hydrogen) atoms. The first-order valence-corrected chi connectivity index (χ1v) is 11.5. The number of hydrogen-bond acceptors (Lipinski definition) is 7. The molecule has 8 nitrogen and oxygen atoms in total. The molecule has 5 aromatic rings. The second kappa shape index (κ2) is 8.18. The van der Waals surface area contributed by atoms with E-state index in [2.05, 4.69) is 30.8 Å². The molecule has 1 amide bonds. The van der Waals surface area contributed by atoms with E-state index in [-0.39, 0.29) is 6.10 Å². The summed E-state index contributed by atoms with van der Waals surface area (Å²) < 4.78 is 5.70. The lowest BCUT2D eigenvalue weighted by Crippen LogP contribution is -2.27. The number of aromatic amines is 1. The summed E-state index contributed by atoms with van der Waals surface area (Å²) in [5.74, 6) is 0.793. The molecule has 164 valence electrons. The molecular formula is C24H20N6O2S. The maximum absolute atomic E-state index is 12.3. The van der Waals surface area contributed by atoms with Gasteiger partial charge in [0.2, 0.25) is 0 Å². The molecule has 3 N–H and O–H groups in total. The topological polar surface area (TPSA) is 105 Å². The Kier molecular flexibility index (Phi) is 4.88. The van der Waals surface area contributed by atoms with Crippen molar-refractivity contribution in [1.29, 1.82) is 0 Å². The largest absolute Gasteiger partial charge is 0.446 e. The van der Waals surface area contributed by atoms with Crippen LogP contribution in [0.15, 0.2) is 61.1 Å². The van der Waals surface area contributed by atoms with Crippen molar-refractivity contribution in [2.45, 2.75) is 25.4 Å². The van der Waals surface area contributed by atoms with Gasteiger partial charge in [-0.25, -0.2) is 14.8 Å². The third kappa shape index (κ3) is 3.87. The number of nitrogens with one attached hydrogen (secondary N) is 3. The lowest BCUT2D eigenvalue weighted by Gasteiger charge is -2.22. The summed E-state index contributed by atoms with van der Waals surface area (Å²) in [5, 5.41) is 15.4. The minimum absolute atomic E-state index is 0.165. The Morgan fingerprint density at radius 3 is 2.94 bits per heavy atom. The van der Waals surface area contributed by atoms with E-state index in [4.69, 9.17) is 4.74 Å². The van der Waals surface area contributed by atoms with Gasteiger partial charge in [-0.05, 0) is 48.7 Å². The number of amides is 1. The Balaban J connectivity index is 1.22. The zero-order valence-corrected chi connectivity index (χ0v) is 18.4. The first-order chi connectivity index (χ1) is 16.2. The highest BCUT2D eigenvalue weighted by Crippen LogP contribution is 2.39. The van der Waals surface area contributed by atoms with Crippen LogP contribution in [0.4, 0.5) is 22.0 Å². The number of hydrogen-bond donors (Lipinski definition) is 3.